The van der Waals surface area contributed by atoms with E-state index in [9.17, 15) is 35.5 Å². The SMILES string of the molecule is COC(=O)NNC(=C(O)Nc1cccc([N+](=O)[O-])c1)c1nc2ccc(=[N+]([O-])[O-])cc-2[nH]c1[O-]. The fraction of sp³-hybridized carbons (Fsp3) is 0.0556. The molecule has 0 bridgehead atoms. The number of hydrogen-bond acceptors (Lipinski definition) is 11. The van der Waals surface area contributed by atoms with E-state index < -0.39 is 39.1 Å². The third-order valence-electron chi connectivity index (χ3n) is 4.15. The second kappa shape index (κ2) is 9.29. The summed E-state index contributed by atoms with van der Waals surface area (Å²) in [5.74, 6) is -1.60. The van der Waals surface area contributed by atoms with Crippen molar-refractivity contribution in [3.63, 3.8) is 0 Å². The molecule has 1 aromatic carbocycles. The zero-order chi connectivity index (χ0) is 24.1. The lowest BCUT2D eigenvalue weighted by Gasteiger charge is -2.21. The van der Waals surface area contributed by atoms with Crippen LogP contribution in [0.15, 0.2) is 48.3 Å². The van der Waals surface area contributed by atoms with Crippen LogP contribution < -0.4 is 31.5 Å². The number of benzene rings is 2. The lowest BCUT2D eigenvalue weighted by Crippen LogP contribution is -2.37. The number of aromatic amines is 1. The molecule has 1 amide bonds. The van der Waals surface area contributed by atoms with Gasteiger partial charge in [-0.1, -0.05) is 6.07 Å². The molecule has 1 aliphatic carbocycles. The summed E-state index contributed by atoms with van der Waals surface area (Å²) < 4.78 is 4.43. The molecule has 15 nitrogen and oxygen atoms in total. The molecule has 0 radical (unpaired) electrons. The maximum atomic E-state index is 12.6. The van der Waals surface area contributed by atoms with Gasteiger partial charge >= 0.3 is 6.09 Å². The number of hydrazine groups is 1. The van der Waals surface area contributed by atoms with Crippen LogP contribution in [0, 0.1) is 20.5 Å². The zero-order valence-corrected chi connectivity index (χ0v) is 16.7. The first-order valence-electron chi connectivity index (χ1n) is 8.93. The molecular weight excluding hydrogens is 442 g/mol. The lowest BCUT2D eigenvalue weighted by atomic mass is 10.2. The Kier molecular flexibility index (Phi) is 6.33. The number of hydrogen-bond donors (Lipinski definition) is 5. The highest BCUT2D eigenvalue weighted by atomic mass is 16.8. The molecule has 1 aliphatic heterocycles. The summed E-state index contributed by atoms with van der Waals surface area (Å²) in [6, 6.07) is 8.69. The van der Waals surface area contributed by atoms with Gasteiger partial charge in [0.25, 0.3) is 5.69 Å². The molecule has 0 fully saturated rings. The van der Waals surface area contributed by atoms with Crippen LogP contribution in [-0.4, -0.2) is 33.2 Å². The number of ether oxygens (including phenoxy) is 1. The number of rotatable bonds is 6. The van der Waals surface area contributed by atoms with Crippen LogP contribution in [0.4, 0.5) is 16.2 Å². The van der Waals surface area contributed by atoms with Crippen molar-refractivity contribution >= 4 is 23.2 Å². The van der Waals surface area contributed by atoms with Crippen LogP contribution in [0.3, 0.4) is 0 Å². The van der Waals surface area contributed by atoms with Crippen molar-refractivity contribution in [2.24, 2.45) is 0 Å². The van der Waals surface area contributed by atoms with Gasteiger partial charge < -0.3 is 35.7 Å². The summed E-state index contributed by atoms with van der Waals surface area (Å²) in [5.41, 5.74) is 3.55. The van der Waals surface area contributed by atoms with Gasteiger partial charge in [0.1, 0.15) is 11.4 Å². The number of carbonyl (C=O) groups excluding carboxylic acids is 1. The first-order valence-corrected chi connectivity index (χ1v) is 8.93. The number of anilines is 1. The van der Waals surface area contributed by atoms with Gasteiger partial charge in [0.15, 0.2) is 0 Å². The number of nitrogens with zero attached hydrogens (tertiary/aromatic N) is 3. The molecule has 1 heterocycles. The highest BCUT2D eigenvalue weighted by Gasteiger charge is 2.17. The summed E-state index contributed by atoms with van der Waals surface area (Å²) in [5, 5.41) is 58.3. The number of non-ortho nitro benzene ring substituents is 1. The molecule has 0 unspecified atom stereocenters. The molecular formula is C18H15N7O8-2. The number of methoxy groups -OCH3 is 1. The number of aliphatic hydroxyl groups is 1. The molecule has 0 saturated carbocycles. The average Bonchev–Trinajstić information content (AvgIpc) is 2.78. The van der Waals surface area contributed by atoms with Crippen molar-refractivity contribution < 1.29 is 24.7 Å². The van der Waals surface area contributed by atoms with Gasteiger partial charge in [0.2, 0.25) is 11.2 Å². The average molecular weight is 457 g/mol. The molecule has 5 N–H and O–H groups in total. The fourth-order valence-corrected chi connectivity index (χ4v) is 2.65. The molecule has 1 aromatic rings. The van der Waals surface area contributed by atoms with Gasteiger partial charge in [-0.2, -0.15) is 4.90 Å². The van der Waals surface area contributed by atoms with E-state index in [2.05, 4.69) is 30.9 Å². The zero-order valence-electron chi connectivity index (χ0n) is 16.7. The first kappa shape index (κ1) is 22.5. The van der Waals surface area contributed by atoms with E-state index in [4.69, 9.17) is 0 Å². The summed E-state index contributed by atoms with van der Waals surface area (Å²) >= 11 is 0. The minimum absolute atomic E-state index is 0.0596. The Labute approximate surface area is 183 Å². The first-order chi connectivity index (χ1) is 15.7. The van der Waals surface area contributed by atoms with Crippen LogP contribution in [0.2, 0.25) is 0 Å². The number of nitro benzene ring substituents is 1. The molecule has 172 valence electrons. The highest BCUT2D eigenvalue weighted by molar-refractivity contribution is 5.75. The van der Waals surface area contributed by atoms with Gasteiger partial charge in [-0.15, -0.1) is 0 Å². The quantitative estimate of drug-likeness (QED) is 0.193. The number of aliphatic hydroxyl groups excluding tert-OH is 1. The molecule has 3 rings (SSSR count). The number of H-pyrrole nitrogens is 1. The molecule has 0 saturated heterocycles. The summed E-state index contributed by atoms with van der Waals surface area (Å²) in [4.78, 5) is 27.7. The minimum Gasteiger partial charge on any atom is -0.859 e. The van der Waals surface area contributed by atoms with Crippen LogP contribution in [-0.2, 0) is 4.74 Å². The third kappa shape index (κ3) is 5.10. The number of aromatic nitrogens is 2. The smallest absolute Gasteiger partial charge is 0.425 e. The Balaban J connectivity index is 2.10. The fourth-order valence-electron chi connectivity index (χ4n) is 2.65. The monoisotopic (exact) mass is 457 g/mol. The Morgan fingerprint density at radius 3 is 2.58 bits per heavy atom. The topological polar surface area (TPSA) is 227 Å². The Morgan fingerprint density at radius 2 is 1.91 bits per heavy atom. The van der Waals surface area contributed by atoms with Gasteiger partial charge in [-0.25, -0.2) is 15.2 Å². The summed E-state index contributed by atoms with van der Waals surface area (Å²) in [6.07, 6.45) is -0.969. The number of nitro groups is 1. The highest BCUT2D eigenvalue weighted by Crippen LogP contribution is 2.26. The molecule has 0 spiro atoms. The predicted molar refractivity (Wildman–Crippen MR) is 112 cm³/mol. The second-order valence-electron chi connectivity index (χ2n) is 6.27. The normalized spacial score (nSPS) is 11.3. The van der Waals surface area contributed by atoms with Crippen molar-refractivity contribution in [1.82, 2.24) is 25.7 Å². The van der Waals surface area contributed by atoms with Gasteiger partial charge in [-0.05, 0) is 18.0 Å². The maximum absolute atomic E-state index is 12.6. The van der Waals surface area contributed by atoms with E-state index in [1.165, 1.54) is 30.3 Å². The predicted octanol–water partition coefficient (Wildman–Crippen LogP) is 0.421. The van der Waals surface area contributed by atoms with Gasteiger partial charge in [0.05, 0.1) is 23.4 Å². The number of nitrogens with one attached hydrogen (secondary N) is 4. The second-order valence-corrected chi connectivity index (χ2v) is 6.27. The van der Waals surface area contributed by atoms with Gasteiger partial charge in [0, 0.05) is 30.0 Å². The molecule has 2 aliphatic rings. The molecule has 15 heteroatoms. The Hall–Kier alpha value is -5.21. The van der Waals surface area contributed by atoms with Crippen LogP contribution >= 0.6 is 0 Å². The van der Waals surface area contributed by atoms with Crippen molar-refractivity contribution in [1.29, 1.82) is 0 Å². The van der Waals surface area contributed by atoms with Crippen LogP contribution in [0.1, 0.15) is 5.69 Å². The van der Waals surface area contributed by atoms with E-state index in [0.717, 1.165) is 19.2 Å². The van der Waals surface area contributed by atoms with E-state index in [-0.39, 0.29) is 28.1 Å². The largest absolute Gasteiger partial charge is 0.859 e. The number of carbonyl (C=O) groups is 1. The van der Waals surface area contributed by atoms with Crippen molar-refractivity contribution in [3.8, 4) is 17.3 Å². The van der Waals surface area contributed by atoms with Crippen molar-refractivity contribution in [3.05, 3.63) is 79.9 Å². The van der Waals surface area contributed by atoms with E-state index >= 15 is 0 Å². The Bertz CT molecular complexity index is 1280. The number of amides is 1. The van der Waals surface area contributed by atoms with E-state index in [1.807, 2.05) is 0 Å². The third-order valence-corrected chi connectivity index (χ3v) is 4.15. The van der Waals surface area contributed by atoms with Crippen LogP contribution in [0.5, 0.6) is 5.88 Å². The molecule has 0 atom stereocenters. The Morgan fingerprint density at radius 1 is 1.15 bits per heavy atom. The van der Waals surface area contributed by atoms with Crippen molar-refractivity contribution in [2.45, 2.75) is 0 Å². The lowest BCUT2D eigenvalue weighted by molar-refractivity contribution is -0.384. The number of fused-ring (bicyclic) bond motifs is 1. The summed E-state index contributed by atoms with van der Waals surface area (Å²) in [6.45, 7) is 0. The standard InChI is InChI=1S/C18H16N7O8/c1-33-18(28)23-22-15(17(27)19-9-3-2-4-10(7-9)24(29)30)14-16(26)21-13-8-11(25(31)32)5-6-12(13)20-14/h2-8,19,21-22H,1H3,(H3-,20,23,26,27,28,31,32)/q-1/p-1. The van der Waals surface area contributed by atoms with E-state index in [0.29, 0.717) is 0 Å². The van der Waals surface area contributed by atoms with E-state index in [1.54, 1.807) is 0 Å². The van der Waals surface area contributed by atoms with Crippen LogP contribution in [0.25, 0.3) is 17.1 Å². The van der Waals surface area contributed by atoms with Crippen molar-refractivity contribution in [2.75, 3.05) is 12.4 Å². The van der Waals surface area contributed by atoms with Gasteiger partial charge in [-0.3, -0.25) is 15.5 Å². The summed E-state index contributed by atoms with van der Waals surface area (Å²) in [7, 11) is 1.08. The minimum atomic E-state index is -0.969. The molecule has 33 heavy (non-hydrogen) atoms. The molecule has 0 aromatic heterocycles. The maximum Gasteiger partial charge on any atom is 0.425 e.